The number of nitrogen functional groups attached to an aromatic ring is 1. The van der Waals surface area contributed by atoms with Gasteiger partial charge in [-0.2, -0.15) is 9.78 Å². The van der Waals surface area contributed by atoms with E-state index in [0.717, 1.165) is 4.68 Å². The van der Waals surface area contributed by atoms with E-state index in [2.05, 4.69) is 35.8 Å². The van der Waals surface area contributed by atoms with E-state index in [9.17, 15) is 14.9 Å². The van der Waals surface area contributed by atoms with Gasteiger partial charge in [0, 0.05) is 17.7 Å². The number of anilines is 1. The lowest BCUT2D eigenvalue weighted by Gasteiger charge is -2.05. The number of nitro groups is 1. The predicted molar refractivity (Wildman–Crippen MR) is 114 cm³/mol. The number of rotatable bonds is 7. The van der Waals surface area contributed by atoms with E-state index < -0.39 is 10.8 Å². The first-order valence-corrected chi connectivity index (χ1v) is 9.24. The lowest BCUT2D eigenvalue weighted by molar-refractivity contribution is -0.384. The maximum absolute atomic E-state index is 12.8. The molecule has 0 radical (unpaired) electrons. The summed E-state index contributed by atoms with van der Waals surface area (Å²) in [6, 6.07) is 12.5. The SMILES string of the molecule is COc1cccc(C=NNC(=O)c2nnn(-c3nonc3N)c2-c2ccc([N+](=O)[O-])cc2)c1. The van der Waals surface area contributed by atoms with Crippen molar-refractivity contribution in [2.75, 3.05) is 12.8 Å². The Morgan fingerprint density at radius 1 is 1.27 bits per heavy atom. The highest BCUT2D eigenvalue weighted by Gasteiger charge is 2.25. The number of nitrogens with two attached hydrogens (primary N) is 1. The van der Waals surface area contributed by atoms with Crippen LogP contribution in [-0.4, -0.2) is 49.5 Å². The quantitative estimate of drug-likeness (QED) is 0.238. The Kier molecular flexibility index (Phi) is 5.71. The lowest BCUT2D eigenvalue weighted by atomic mass is 10.1. The van der Waals surface area contributed by atoms with Gasteiger partial charge in [0.1, 0.15) is 11.4 Å². The molecule has 33 heavy (non-hydrogen) atoms. The molecule has 4 rings (SSSR count). The number of hydrogen-bond acceptors (Lipinski definition) is 11. The number of methoxy groups -OCH3 is 1. The van der Waals surface area contributed by atoms with Crippen LogP contribution >= 0.6 is 0 Å². The minimum atomic E-state index is -0.691. The van der Waals surface area contributed by atoms with Gasteiger partial charge >= 0.3 is 0 Å². The van der Waals surface area contributed by atoms with Crippen LogP contribution in [-0.2, 0) is 0 Å². The first kappa shape index (κ1) is 21.1. The second-order valence-corrected chi connectivity index (χ2v) is 6.45. The van der Waals surface area contributed by atoms with E-state index in [1.165, 1.54) is 37.6 Å². The third-order valence-electron chi connectivity index (χ3n) is 4.41. The van der Waals surface area contributed by atoms with Crippen molar-refractivity contribution >= 4 is 23.6 Å². The van der Waals surface area contributed by atoms with Crippen LogP contribution in [0, 0.1) is 10.1 Å². The minimum Gasteiger partial charge on any atom is -0.497 e. The van der Waals surface area contributed by atoms with Crippen molar-refractivity contribution in [3.63, 3.8) is 0 Å². The molecule has 0 bridgehead atoms. The monoisotopic (exact) mass is 449 g/mol. The number of carbonyl (C=O) groups is 1. The summed E-state index contributed by atoms with van der Waals surface area (Å²) in [5.74, 6) is -0.155. The van der Waals surface area contributed by atoms with Crippen molar-refractivity contribution in [3.8, 4) is 22.8 Å². The van der Waals surface area contributed by atoms with Gasteiger partial charge in [0.05, 0.1) is 18.2 Å². The highest BCUT2D eigenvalue weighted by Crippen LogP contribution is 2.28. The first-order chi connectivity index (χ1) is 16.0. The van der Waals surface area contributed by atoms with Crippen LogP contribution in [0.25, 0.3) is 17.1 Å². The van der Waals surface area contributed by atoms with Gasteiger partial charge in [-0.1, -0.05) is 17.3 Å². The molecule has 166 valence electrons. The number of hydrazone groups is 1. The molecule has 0 atom stereocenters. The Labute approximate surface area is 184 Å². The molecule has 0 unspecified atom stereocenters. The van der Waals surface area contributed by atoms with Crippen molar-refractivity contribution < 1.29 is 19.1 Å². The lowest BCUT2D eigenvalue weighted by Crippen LogP contribution is -2.19. The average molecular weight is 449 g/mol. The number of carbonyl (C=O) groups excluding carboxylic acids is 1. The van der Waals surface area contributed by atoms with Gasteiger partial charge in [-0.05, 0) is 40.1 Å². The van der Waals surface area contributed by atoms with Crippen LogP contribution in [0.5, 0.6) is 5.75 Å². The van der Waals surface area contributed by atoms with Gasteiger partial charge in [-0.3, -0.25) is 14.9 Å². The number of amides is 1. The van der Waals surface area contributed by atoms with Gasteiger partial charge in [0.2, 0.25) is 11.6 Å². The number of nitro benzene ring substituents is 1. The van der Waals surface area contributed by atoms with Crippen molar-refractivity contribution in [1.29, 1.82) is 0 Å². The minimum absolute atomic E-state index is 0.00483. The van der Waals surface area contributed by atoms with Crippen molar-refractivity contribution in [2.24, 2.45) is 5.10 Å². The molecule has 0 fully saturated rings. The molecule has 0 saturated heterocycles. The molecule has 2 heterocycles. The fourth-order valence-corrected chi connectivity index (χ4v) is 2.86. The predicted octanol–water partition coefficient (Wildman–Crippen LogP) is 1.58. The smallest absolute Gasteiger partial charge is 0.294 e. The molecule has 1 amide bonds. The van der Waals surface area contributed by atoms with E-state index in [1.54, 1.807) is 24.3 Å². The topological polar surface area (TPSA) is 189 Å². The molecule has 0 aliphatic carbocycles. The molecule has 0 spiro atoms. The van der Waals surface area contributed by atoms with Gasteiger partial charge in [0.25, 0.3) is 11.6 Å². The second-order valence-electron chi connectivity index (χ2n) is 6.45. The van der Waals surface area contributed by atoms with Crippen LogP contribution in [0.15, 0.2) is 58.3 Å². The summed E-state index contributed by atoms with van der Waals surface area (Å²) in [4.78, 5) is 23.3. The molecular weight excluding hydrogens is 434 g/mol. The van der Waals surface area contributed by atoms with Crippen LogP contribution in [0.3, 0.4) is 0 Å². The van der Waals surface area contributed by atoms with Crippen molar-refractivity contribution in [3.05, 3.63) is 69.9 Å². The molecular formula is C19H15N9O5. The zero-order chi connectivity index (χ0) is 23.4. The summed E-state index contributed by atoms with van der Waals surface area (Å²) in [5, 5.41) is 29.9. The average Bonchev–Trinajstić information content (AvgIpc) is 3.45. The molecule has 4 aromatic rings. The van der Waals surface area contributed by atoms with E-state index in [4.69, 9.17) is 10.5 Å². The zero-order valence-electron chi connectivity index (χ0n) is 16.9. The van der Waals surface area contributed by atoms with E-state index in [1.807, 2.05) is 0 Å². The molecule has 14 heteroatoms. The van der Waals surface area contributed by atoms with Crippen LogP contribution in [0.1, 0.15) is 16.1 Å². The molecule has 0 aliphatic heterocycles. The summed E-state index contributed by atoms with van der Waals surface area (Å²) in [5.41, 5.74) is 9.10. The van der Waals surface area contributed by atoms with E-state index >= 15 is 0 Å². The zero-order valence-corrected chi connectivity index (χ0v) is 16.9. The van der Waals surface area contributed by atoms with Gasteiger partial charge in [-0.25, -0.2) is 10.1 Å². The van der Waals surface area contributed by atoms with Crippen LogP contribution in [0.4, 0.5) is 11.5 Å². The largest absolute Gasteiger partial charge is 0.497 e. The molecule has 0 saturated carbocycles. The number of non-ortho nitro benzene ring substituents is 1. The Morgan fingerprint density at radius 2 is 2.06 bits per heavy atom. The van der Waals surface area contributed by atoms with Crippen LogP contribution in [0.2, 0.25) is 0 Å². The molecule has 14 nitrogen and oxygen atoms in total. The summed E-state index contributed by atoms with van der Waals surface area (Å²) < 4.78 is 10.9. The Hall–Kier alpha value is -5.14. The number of nitrogens with zero attached hydrogens (tertiary/aromatic N) is 7. The second kappa shape index (κ2) is 8.93. The maximum atomic E-state index is 12.8. The molecule has 2 aromatic heterocycles. The Morgan fingerprint density at radius 3 is 2.73 bits per heavy atom. The van der Waals surface area contributed by atoms with Crippen molar-refractivity contribution in [1.82, 2.24) is 30.7 Å². The molecule has 2 aromatic carbocycles. The van der Waals surface area contributed by atoms with Crippen molar-refractivity contribution in [2.45, 2.75) is 0 Å². The highest BCUT2D eigenvalue weighted by molar-refractivity contribution is 5.98. The first-order valence-electron chi connectivity index (χ1n) is 9.24. The summed E-state index contributed by atoms with van der Waals surface area (Å²) >= 11 is 0. The fraction of sp³-hybridized carbons (Fsp3) is 0.0526. The Bertz CT molecular complexity index is 1340. The molecule has 3 N–H and O–H groups in total. The molecule has 0 aliphatic rings. The number of aromatic nitrogens is 5. The maximum Gasteiger partial charge on any atom is 0.294 e. The number of ether oxygens (including phenoxy) is 1. The normalized spacial score (nSPS) is 10.9. The van der Waals surface area contributed by atoms with Gasteiger partial charge in [0.15, 0.2) is 5.69 Å². The summed E-state index contributed by atoms with van der Waals surface area (Å²) in [7, 11) is 1.54. The number of benzene rings is 2. The summed E-state index contributed by atoms with van der Waals surface area (Å²) in [6.45, 7) is 0. The van der Waals surface area contributed by atoms with E-state index in [-0.39, 0.29) is 28.7 Å². The van der Waals surface area contributed by atoms with Gasteiger partial charge in [-0.15, -0.1) is 5.10 Å². The van der Waals surface area contributed by atoms with Crippen LogP contribution < -0.4 is 15.9 Å². The number of hydrogen-bond donors (Lipinski definition) is 2. The third kappa shape index (κ3) is 4.34. The standard InChI is InChI=1S/C19H15N9O5/c1-32-14-4-2-3-11(9-14)10-21-23-19(29)15-16(12-5-7-13(8-6-12)28(30)31)27(26-22-15)18-17(20)24-33-25-18/h2-10H,1H3,(H2,20,24)(H,23,29). The van der Waals surface area contributed by atoms with Gasteiger partial charge < -0.3 is 10.5 Å². The summed E-state index contributed by atoms with van der Waals surface area (Å²) in [6.07, 6.45) is 1.43. The third-order valence-corrected chi connectivity index (χ3v) is 4.41. The Balaban J connectivity index is 1.68. The number of nitrogens with one attached hydrogen (secondary N) is 1. The van der Waals surface area contributed by atoms with E-state index in [0.29, 0.717) is 16.9 Å². The highest BCUT2D eigenvalue weighted by atomic mass is 16.6. The fourth-order valence-electron chi connectivity index (χ4n) is 2.86.